The molecule has 11 fully saturated rings. The van der Waals surface area contributed by atoms with Gasteiger partial charge in [0.2, 0.25) is 0 Å². The van der Waals surface area contributed by atoms with Gasteiger partial charge in [0, 0.05) is 25.4 Å². The van der Waals surface area contributed by atoms with E-state index in [1.165, 1.54) is 12.8 Å². The van der Waals surface area contributed by atoms with E-state index in [4.69, 9.17) is 23.7 Å². The standard InChI is InChI=1S/C42H60O9/c1-5-27(37(44)48-34-28-15-32-33(16-28)39(46)49-35(32)34)14-29(38(45)51-42(6-2)30-10-23-8-24(12-30)13-31(42)11-23)7-22(3)36(43)50-41-19-25-9-26(20-41)18-40(17-25,21-41)47-4/h22-35H,5-21H2,1-4H3. The van der Waals surface area contributed by atoms with Gasteiger partial charge in [-0.15, -0.1) is 0 Å². The monoisotopic (exact) mass is 708 g/mol. The molecule has 1 aliphatic heterocycles. The number of methoxy groups -OCH3 is 1. The van der Waals surface area contributed by atoms with E-state index < -0.39 is 35.1 Å². The molecular weight excluding hydrogens is 648 g/mol. The molecule has 10 atom stereocenters. The van der Waals surface area contributed by atoms with Crippen LogP contribution in [0.15, 0.2) is 0 Å². The molecule has 0 radical (unpaired) electrons. The van der Waals surface area contributed by atoms with Crippen LogP contribution >= 0.6 is 0 Å². The van der Waals surface area contributed by atoms with E-state index in [0.717, 1.165) is 88.9 Å². The van der Waals surface area contributed by atoms with E-state index in [-0.39, 0.29) is 66.2 Å². The molecule has 0 aromatic heterocycles. The minimum atomic E-state index is -0.638. The first-order valence-electron chi connectivity index (χ1n) is 20.9. The molecule has 0 spiro atoms. The lowest BCUT2D eigenvalue weighted by Gasteiger charge is -2.60. The van der Waals surface area contributed by atoms with E-state index in [1.54, 1.807) is 7.11 Å². The number of carbonyl (C=O) groups excluding carboxylic acids is 4. The predicted molar refractivity (Wildman–Crippen MR) is 185 cm³/mol. The van der Waals surface area contributed by atoms with Crippen LogP contribution in [0, 0.1) is 71.0 Å². The Morgan fingerprint density at radius 2 is 1.41 bits per heavy atom. The number of hydrogen-bond acceptors (Lipinski definition) is 9. The smallest absolute Gasteiger partial charge is 0.309 e. The maximum atomic E-state index is 14.6. The number of rotatable bonds is 13. The van der Waals surface area contributed by atoms with Crippen molar-refractivity contribution in [2.24, 2.45) is 71.0 Å². The quantitative estimate of drug-likeness (QED) is 0.148. The largest absolute Gasteiger partial charge is 0.459 e. The molecule has 1 saturated heterocycles. The molecule has 10 bridgehead atoms. The molecule has 11 rings (SSSR count). The second kappa shape index (κ2) is 12.4. The van der Waals surface area contributed by atoms with E-state index in [1.807, 2.05) is 13.8 Å². The average molecular weight is 709 g/mol. The molecule has 9 nitrogen and oxygen atoms in total. The second-order valence-electron chi connectivity index (χ2n) is 19.5. The molecule has 10 saturated carbocycles. The van der Waals surface area contributed by atoms with Crippen molar-refractivity contribution in [1.29, 1.82) is 0 Å². The minimum Gasteiger partial charge on any atom is -0.459 e. The van der Waals surface area contributed by atoms with Crippen molar-refractivity contribution in [3.05, 3.63) is 0 Å². The number of ether oxygens (including phenoxy) is 5. The van der Waals surface area contributed by atoms with Crippen molar-refractivity contribution in [2.75, 3.05) is 7.11 Å². The topological polar surface area (TPSA) is 114 Å². The molecule has 282 valence electrons. The van der Waals surface area contributed by atoms with Crippen LogP contribution < -0.4 is 0 Å². The minimum absolute atomic E-state index is 0.0492. The highest BCUT2D eigenvalue weighted by Gasteiger charge is 2.64. The van der Waals surface area contributed by atoms with Gasteiger partial charge in [0.25, 0.3) is 0 Å². The van der Waals surface area contributed by atoms with E-state index >= 15 is 0 Å². The summed E-state index contributed by atoms with van der Waals surface area (Å²) in [6.07, 6.45) is 14.4. The van der Waals surface area contributed by atoms with Crippen molar-refractivity contribution >= 4 is 23.9 Å². The van der Waals surface area contributed by atoms with Crippen LogP contribution in [-0.2, 0) is 42.9 Å². The molecule has 0 N–H and O–H groups in total. The Kier molecular flexibility index (Phi) is 8.44. The summed E-state index contributed by atoms with van der Waals surface area (Å²) in [4.78, 5) is 54.9. The zero-order chi connectivity index (χ0) is 35.4. The fraction of sp³-hybridized carbons (Fsp3) is 0.905. The molecule has 10 unspecified atom stereocenters. The average Bonchev–Trinajstić information content (AvgIpc) is 3.72. The highest BCUT2D eigenvalue weighted by atomic mass is 16.6. The lowest BCUT2D eigenvalue weighted by molar-refractivity contribution is -0.229. The zero-order valence-corrected chi connectivity index (χ0v) is 31.3. The molecule has 0 aromatic rings. The van der Waals surface area contributed by atoms with Crippen molar-refractivity contribution in [2.45, 2.75) is 159 Å². The molecule has 0 amide bonds. The Labute approximate surface area is 303 Å². The van der Waals surface area contributed by atoms with Crippen LogP contribution in [0.1, 0.15) is 130 Å². The van der Waals surface area contributed by atoms with Crippen LogP contribution in [0.2, 0.25) is 0 Å². The summed E-state index contributed by atoms with van der Waals surface area (Å²) in [6, 6.07) is 0. The van der Waals surface area contributed by atoms with Crippen LogP contribution in [0.5, 0.6) is 0 Å². The normalized spacial score (nSPS) is 48.0. The van der Waals surface area contributed by atoms with Crippen LogP contribution in [0.3, 0.4) is 0 Å². The Morgan fingerprint density at radius 3 is 2.04 bits per heavy atom. The number of carbonyl (C=O) groups is 4. The van der Waals surface area contributed by atoms with Crippen LogP contribution in [0.25, 0.3) is 0 Å². The van der Waals surface area contributed by atoms with Gasteiger partial charge < -0.3 is 23.7 Å². The molecule has 51 heavy (non-hydrogen) atoms. The Bertz CT molecular complexity index is 1390. The SMILES string of the molecule is CCC(CC(CC(C)C(=O)OC12CC3CC(CC(OC)(C3)C1)C2)C(=O)OC1(CC)C2CC3CC(C2)CC1C3)C(=O)OC1C2CC3C(=O)OC1C3C2. The van der Waals surface area contributed by atoms with Gasteiger partial charge in [-0.05, 0) is 138 Å². The van der Waals surface area contributed by atoms with Crippen molar-refractivity contribution < 1.29 is 42.9 Å². The fourth-order valence-corrected chi connectivity index (χ4v) is 14.7. The van der Waals surface area contributed by atoms with Crippen LogP contribution in [0.4, 0.5) is 0 Å². The van der Waals surface area contributed by atoms with Gasteiger partial charge in [0.15, 0.2) is 0 Å². The van der Waals surface area contributed by atoms with Gasteiger partial charge in [-0.25, -0.2) is 0 Å². The third-order valence-electron chi connectivity index (χ3n) is 16.5. The van der Waals surface area contributed by atoms with Crippen LogP contribution in [-0.4, -0.2) is 60.0 Å². The summed E-state index contributed by atoms with van der Waals surface area (Å²) in [5, 5.41) is 0. The lowest BCUT2D eigenvalue weighted by Crippen LogP contribution is -2.61. The van der Waals surface area contributed by atoms with E-state index in [2.05, 4.69) is 6.92 Å². The zero-order valence-electron chi connectivity index (χ0n) is 31.3. The molecule has 1 heterocycles. The van der Waals surface area contributed by atoms with Gasteiger partial charge in [-0.2, -0.15) is 0 Å². The molecule has 10 aliphatic carbocycles. The summed E-state index contributed by atoms with van der Waals surface area (Å²) < 4.78 is 31.3. The molecule has 0 aromatic carbocycles. The summed E-state index contributed by atoms with van der Waals surface area (Å²) in [6.45, 7) is 6.01. The highest BCUT2D eigenvalue weighted by molar-refractivity contribution is 5.79. The first kappa shape index (κ1) is 34.6. The fourth-order valence-electron chi connectivity index (χ4n) is 14.7. The number of fused-ring (bicyclic) bond motifs is 1. The van der Waals surface area contributed by atoms with Crippen molar-refractivity contribution in [1.82, 2.24) is 0 Å². The Morgan fingerprint density at radius 1 is 0.765 bits per heavy atom. The lowest BCUT2D eigenvalue weighted by atomic mass is 9.49. The molecule has 11 aliphatic rings. The summed E-state index contributed by atoms with van der Waals surface area (Å²) in [5.41, 5.74) is -1.15. The molecule has 9 heteroatoms. The van der Waals surface area contributed by atoms with Gasteiger partial charge in [-0.1, -0.05) is 20.8 Å². The number of hydrogen-bond donors (Lipinski definition) is 0. The van der Waals surface area contributed by atoms with E-state index in [0.29, 0.717) is 30.1 Å². The maximum absolute atomic E-state index is 14.6. The Hall–Kier alpha value is -2.16. The highest BCUT2D eigenvalue weighted by Crippen LogP contribution is 2.62. The van der Waals surface area contributed by atoms with Gasteiger partial charge in [0.1, 0.15) is 23.4 Å². The predicted octanol–water partition coefficient (Wildman–Crippen LogP) is 6.97. The third-order valence-corrected chi connectivity index (χ3v) is 16.5. The van der Waals surface area contributed by atoms with Crippen molar-refractivity contribution in [3.63, 3.8) is 0 Å². The third kappa shape index (κ3) is 5.61. The summed E-state index contributed by atoms with van der Waals surface area (Å²) >= 11 is 0. The maximum Gasteiger partial charge on any atom is 0.309 e. The Balaban J connectivity index is 0.924. The molecular formula is C42H60O9. The van der Waals surface area contributed by atoms with E-state index in [9.17, 15) is 19.2 Å². The number of esters is 4. The summed E-state index contributed by atoms with van der Waals surface area (Å²) in [7, 11) is 1.80. The van der Waals surface area contributed by atoms with Crippen molar-refractivity contribution in [3.8, 4) is 0 Å². The first-order valence-corrected chi connectivity index (χ1v) is 20.9. The van der Waals surface area contributed by atoms with Gasteiger partial charge in [-0.3, -0.25) is 19.2 Å². The first-order chi connectivity index (χ1) is 24.4. The van der Waals surface area contributed by atoms with Gasteiger partial charge >= 0.3 is 23.9 Å². The second-order valence-corrected chi connectivity index (χ2v) is 19.5. The van der Waals surface area contributed by atoms with Gasteiger partial charge in [0.05, 0.1) is 29.3 Å². The summed E-state index contributed by atoms with van der Waals surface area (Å²) in [5.74, 6) is 0.860.